The first-order valence-corrected chi connectivity index (χ1v) is 15.6. The van der Waals surface area contributed by atoms with Crippen LogP contribution >= 0.6 is 0 Å². The Morgan fingerprint density at radius 3 is 2.33 bits per heavy atom. The van der Waals surface area contributed by atoms with Gasteiger partial charge in [-0.15, -0.1) is 5.73 Å². The predicted octanol–water partition coefficient (Wildman–Crippen LogP) is 6.23. The van der Waals surface area contributed by atoms with Crippen molar-refractivity contribution < 1.29 is 38.3 Å². The summed E-state index contributed by atoms with van der Waals surface area (Å²) in [6.07, 6.45) is 14.6. The summed E-state index contributed by atoms with van der Waals surface area (Å²) in [5, 5.41) is 10.7. The van der Waals surface area contributed by atoms with Crippen molar-refractivity contribution >= 4 is 5.97 Å². The summed E-state index contributed by atoms with van der Waals surface area (Å²) in [7, 11) is 1.30. The summed E-state index contributed by atoms with van der Waals surface area (Å²) in [5.74, 6) is -2.01. The molecule has 8 heteroatoms. The number of benzene rings is 1. The summed E-state index contributed by atoms with van der Waals surface area (Å²) in [6.45, 7) is 4.93. The number of allylic oxidation sites excluding steroid dienone is 2. The van der Waals surface area contributed by atoms with Crippen LogP contribution in [-0.2, 0) is 28.5 Å². The van der Waals surface area contributed by atoms with Gasteiger partial charge in [0.05, 0.1) is 13.2 Å². The van der Waals surface area contributed by atoms with Gasteiger partial charge in [0.1, 0.15) is 5.75 Å². The third-order valence-electron chi connectivity index (χ3n) is 8.39. The molecule has 4 unspecified atom stereocenters. The lowest BCUT2D eigenvalue weighted by molar-refractivity contribution is -0.349. The van der Waals surface area contributed by atoms with E-state index in [9.17, 15) is 9.90 Å². The molecule has 4 rings (SSSR count). The quantitative estimate of drug-likeness (QED) is 0.126. The molecular formula is C34H48O8. The lowest BCUT2D eigenvalue weighted by Crippen LogP contribution is -2.66. The molecule has 1 aliphatic carbocycles. The fraction of sp³-hybridized carbons (Fsp3) is 0.647. The zero-order valence-electron chi connectivity index (χ0n) is 25.4. The molecule has 0 radical (unpaired) electrons. The molecule has 2 aliphatic heterocycles. The summed E-state index contributed by atoms with van der Waals surface area (Å²) in [5.41, 5.74) is 1.74. The maximum Gasteiger partial charge on any atom is 0.383 e. The van der Waals surface area contributed by atoms with Crippen LogP contribution in [0.1, 0.15) is 78.1 Å². The van der Waals surface area contributed by atoms with Crippen molar-refractivity contribution in [2.75, 3.05) is 20.3 Å². The van der Waals surface area contributed by atoms with Crippen molar-refractivity contribution in [3.05, 3.63) is 60.4 Å². The third-order valence-corrected chi connectivity index (χ3v) is 8.39. The van der Waals surface area contributed by atoms with Crippen LogP contribution in [0.2, 0.25) is 0 Å². The van der Waals surface area contributed by atoms with E-state index in [1.807, 2.05) is 24.3 Å². The van der Waals surface area contributed by atoms with Crippen LogP contribution in [0.15, 0.2) is 60.4 Å². The molecular weight excluding hydrogens is 536 g/mol. The van der Waals surface area contributed by atoms with Crippen LogP contribution in [-0.4, -0.2) is 61.5 Å². The summed E-state index contributed by atoms with van der Waals surface area (Å²) < 4.78 is 36.9. The molecule has 7 atom stereocenters. The highest BCUT2D eigenvalue weighted by atomic mass is 16.8. The minimum absolute atomic E-state index is 0.0976. The molecule has 42 heavy (non-hydrogen) atoms. The van der Waals surface area contributed by atoms with E-state index in [4.69, 9.17) is 28.4 Å². The highest BCUT2D eigenvalue weighted by Gasteiger charge is 2.62. The summed E-state index contributed by atoms with van der Waals surface area (Å²) in [6, 6.07) is 9.02. The second-order valence-electron chi connectivity index (χ2n) is 11.5. The van der Waals surface area contributed by atoms with Crippen LogP contribution in [0, 0.1) is 11.8 Å². The number of carbonyl (C=O) groups is 1. The van der Waals surface area contributed by atoms with Crippen molar-refractivity contribution in [1.82, 2.24) is 0 Å². The van der Waals surface area contributed by atoms with E-state index < -0.39 is 29.9 Å². The van der Waals surface area contributed by atoms with E-state index in [1.54, 1.807) is 25.1 Å². The number of para-hydroxylation sites is 1. The number of hydrogen-bond acceptors (Lipinski definition) is 8. The van der Waals surface area contributed by atoms with E-state index in [0.29, 0.717) is 44.1 Å². The monoisotopic (exact) mass is 584 g/mol. The highest BCUT2D eigenvalue weighted by molar-refractivity contribution is 5.80. The Kier molecular flexibility index (Phi) is 12.3. The Labute approximate surface area is 250 Å². The highest BCUT2D eigenvalue weighted by Crippen LogP contribution is 2.40. The Hall–Kier alpha value is -2.45. The number of aliphatic hydroxyl groups excluding tert-OH is 1. The van der Waals surface area contributed by atoms with Crippen LogP contribution in [0.3, 0.4) is 0 Å². The van der Waals surface area contributed by atoms with Gasteiger partial charge in [-0.2, -0.15) is 0 Å². The molecule has 0 bridgehead atoms. The second-order valence-corrected chi connectivity index (χ2v) is 11.5. The molecule has 1 aromatic carbocycles. The van der Waals surface area contributed by atoms with E-state index in [1.165, 1.54) is 7.11 Å². The minimum Gasteiger partial charge on any atom is -0.464 e. The van der Waals surface area contributed by atoms with Gasteiger partial charge in [-0.3, -0.25) is 4.74 Å². The first kappa shape index (κ1) is 32.5. The molecule has 2 saturated heterocycles. The zero-order chi connectivity index (χ0) is 29.8. The molecule has 0 aromatic heterocycles. The number of aliphatic hydroxyl groups is 1. The molecule has 8 nitrogen and oxygen atoms in total. The predicted molar refractivity (Wildman–Crippen MR) is 158 cm³/mol. The summed E-state index contributed by atoms with van der Waals surface area (Å²) in [4.78, 5) is 13.9. The standard InChI is InChI=1S/C34H48O8/c1-4-5-15-26-21-22-29(35)28(26)18-9-12-23-33(2,41-30-19-10-13-24-38-30)34(32(36)37-3,40-27-16-7-6-8-17-27)42-31-20-11-14-25-39-31/h5-9,15-17,23,26,28-31,35H,4,10-11,13-14,18-22,24-25H2,1-3H3/b15-5+/t12?,26-,28+,29-,30?,31?,33?,34?/m0/s1/i41+0,42+0. The molecule has 0 amide bonds. The van der Waals surface area contributed by atoms with E-state index in [0.717, 1.165) is 44.9 Å². The number of hydrogen-bond donors (Lipinski definition) is 1. The molecule has 0 spiro atoms. The van der Waals surface area contributed by atoms with Crippen molar-refractivity contribution in [2.45, 2.75) is 108 Å². The van der Waals surface area contributed by atoms with Crippen LogP contribution in [0.4, 0.5) is 0 Å². The largest absolute Gasteiger partial charge is 0.464 e. The van der Waals surface area contributed by atoms with Gasteiger partial charge in [0.15, 0.2) is 18.2 Å². The molecule has 2 heterocycles. The van der Waals surface area contributed by atoms with Gasteiger partial charge in [0.25, 0.3) is 0 Å². The molecule has 3 fully saturated rings. The average Bonchev–Trinajstić information content (AvgIpc) is 3.37. The van der Waals surface area contributed by atoms with Gasteiger partial charge in [-0.05, 0) is 107 Å². The van der Waals surface area contributed by atoms with E-state index >= 15 is 0 Å². The van der Waals surface area contributed by atoms with Gasteiger partial charge in [0, 0.05) is 13.2 Å². The van der Waals surface area contributed by atoms with E-state index in [-0.39, 0.29) is 12.0 Å². The average molecular weight is 585 g/mol. The smallest absolute Gasteiger partial charge is 0.383 e. The number of esters is 1. The molecule has 1 N–H and O–H groups in total. The molecule has 232 valence electrons. The Morgan fingerprint density at radius 1 is 1.02 bits per heavy atom. The van der Waals surface area contributed by atoms with Crippen molar-refractivity contribution in [2.24, 2.45) is 11.8 Å². The number of methoxy groups -OCH3 is 1. The first-order valence-electron chi connectivity index (χ1n) is 15.6. The zero-order valence-corrected chi connectivity index (χ0v) is 25.4. The third kappa shape index (κ3) is 8.13. The van der Waals surface area contributed by atoms with Gasteiger partial charge in [0.2, 0.25) is 0 Å². The summed E-state index contributed by atoms with van der Waals surface area (Å²) >= 11 is 0. The topological polar surface area (TPSA) is 92.7 Å². The number of carbonyl (C=O) groups excluding carboxylic acids is 1. The Morgan fingerprint density at radius 2 is 1.71 bits per heavy atom. The second kappa shape index (κ2) is 15.9. The maximum absolute atomic E-state index is 13.9. The van der Waals surface area contributed by atoms with Crippen LogP contribution < -0.4 is 4.74 Å². The first-order chi connectivity index (χ1) is 20.4. The fourth-order valence-electron chi connectivity index (χ4n) is 5.98. The molecule has 3 aliphatic rings. The van der Waals surface area contributed by atoms with E-state index in [2.05, 4.69) is 24.8 Å². The normalized spacial score (nSPS) is 29.2. The Balaban J connectivity index is 1.73. The SMILES string of the molecule is CC/C=C/[C@H]1CC[C@H](O)[C@@H]1CC=C=CC(C)([16O]C1CCCCO1)C(Oc1ccccc1)([16O]C1CCCCO1)C(=O)OC. The van der Waals surface area contributed by atoms with Gasteiger partial charge in [-0.25, -0.2) is 4.79 Å². The van der Waals surface area contributed by atoms with Crippen molar-refractivity contribution in [3.8, 4) is 5.75 Å². The van der Waals surface area contributed by atoms with Crippen LogP contribution in [0.5, 0.6) is 5.75 Å². The molecule has 1 aromatic rings. The maximum atomic E-state index is 13.9. The van der Waals surface area contributed by atoms with Gasteiger partial charge in [-0.1, -0.05) is 37.3 Å². The number of rotatable bonds is 13. The molecule has 1 saturated carbocycles. The van der Waals surface area contributed by atoms with Gasteiger partial charge < -0.3 is 28.8 Å². The lowest BCUT2D eigenvalue weighted by atomic mass is 9.90. The Bertz CT molecular complexity index is 1050. The lowest BCUT2D eigenvalue weighted by Gasteiger charge is -2.46. The van der Waals surface area contributed by atoms with Crippen LogP contribution in [0.25, 0.3) is 0 Å². The van der Waals surface area contributed by atoms with Crippen molar-refractivity contribution in [1.29, 1.82) is 0 Å². The number of ether oxygens (including phenoxy) is 6. The minimum atomic E-state index is -2.08. The van der Waals surface area contributed by atoms with Gasteiger partial charge >= 0.3 is 11.8 Å². The fourth-order valence-corrected chi connectivity index (χ4v) is 5.98. The van der Waals surface area contributed by atoms with Crippen molar-refractivity contribution in [3.63, 3.8) is 0 Å².